The second-order valence-corrected chi connectivity index (χ2v) is 9.95. The largest absolute Gasteiger partial charge is 0.381 e. The zero-order valence-corrected chi connectivity index (χ0v) is 17.4. The zero-order valence-electron chi connectivity index (χ0n) is 15.8. The second kappa shape index (κ2) is 9.01. The van der Waals surface area contributed by atoms with Gasteiger partial charge in [0, 0.05) is 37.8 Å². The molecule has 0 radical (unpaired) electrons. The Balaban J connectivity index is 1.38. The normalized spacial score (nSPS) is 23.3. The molecule has 0 aliphatic carbocycles. The van der Waals surface area contributed by atoms with Crippen LogP contribution in [0.5, 0.6) is 0 Å². The summed E-state index contributed by atoms with van der Waals surface area (Å²) in [6.45, 7) is 4.10. The van der Waals surface area contributed by atoms with Crippen LogP contribution in [0.2, 0.25) is 0 Å². The number of aliphatic imine (C=N–C) groups is 1. The monoisotopic (exact) mass is 404 g/mol. The number of piperidine rings is 1. The van der Waals surface area contributed by atoms with Crippen LogP contribution in [0.1, 0.15) is 31.2 Å². The summed E-state index contributed by atoms with van der Waals surface area (Å²) in [7, 11) is 0. The first-order valence-corrected chi connectivity index (χ1v) is 12.0. The highest BCUT2D eigenvalue weighted by atomic mass is 32.2. The van der Waals surface area contributed by atoms with Crippen molar-refractivity contribution in [2.45, 2.75) is 31.1 Å². The predicted octanol–water partition coefficient (Wildman–Crippen LogP) is 3.81. The Bertz CT molecular complexity index is 666. The van der Waals surface area contributed by atoms with Crippen molar-refractivity contribution >= 4 is 33.8 Å². The van der Waals surface area contributed by atoms with E-state index in [-0.39, 0.29) is 0 Å². The smallest absolute Gasteiger partial charge is 0.233 e. The maximum atomic E-state index is 13.6. The molecular weight excluding hydrogens is 376 g/mol. The molecule has 146 valence electrons. The fourth-order valence-electron chi connectivity index (χ4n) is 4.30. The standard InChI is InChI=1S/C21H28N2O2S2/c24-19(21(8-13-25-14-9-21)18-4-2-1-3-5-18)23-11-6-17(7-12-23)16-27-20-22-10-15-26-20/h1-5,17H,6-16H2. The van der Waals surface area contributed by atoms with Gasteiger partial charge in [-0.1, -0.05) is 53.9 Å². The van der Waals surface area contributed by atoms with E-state index < -0.39 is 5.41 Å². The van der Waals surface area contributed by atoms with Crippen molar-refractivity contribution in [1.29, 1.82) is 0 Å². The molecule has 1 aromatic rings. The van der Waals surface area contributed by atoms with Crippen LogP contribution < -0.4 is 0 Å². The summed E-state index contributed by atoms with van der Waals surface area (Å²) in [5.74, 6) is 3.30. The molecule has 6 heteroatoms. The second-order valence-electron chi connectivity index (χ2n) is 7.60. The van der Waals surface area contributed by atoms with Crippen LogP contribution in [-0.4, -0.2) is 59.5 Å². The number of benzene rings is 1. The van der Waals surface area contributed by atoms with E-state index in [2.05, 4.69) is 22.0 Å². The Morgan fingerprint density at radius 2 is 1.96 bits per heavy atom. The lowest BCUT2D eigenvalue weighted by atomic mass is 9.72. The fraction of sp³-hybridized carbons (Fsp3) is 0.619. The molecule has 27 heavy (non-hydrogen) atoms. The van der Waals surface area contributed by atoms with Crippen molar-refractivity contribution < 1.29 is 9.53 Å². The molecule has 3 aliphatic rings. The number of carbonyl (C=O) groups excluding carboxylic acids is 1. The van der Waals surface area contributed by atoms with Gasteiger partial charge in [-0.2, -0.15) is 0 Å². The summed E-state index contributed by atoms with van der Waals surface area (Å²) in [6.07, 6.45) is 3.81. The van der Waals surface area contributed by atoms with Crippen LogP contribution in [-0.2, 0) is 14.9 Å². The van der Waals surface area contributed by atoms with Gasteiger partial charge in [-0.3, -0.25) is 9.79 Å². The van der Waals surface area contributed by atoms with E-state index in [1.165, 1.54) is 4.38 Å². The molecule has 0 spiro atoms. The molecule has 0 aromatic heterocycles. The molecule has 1 aromatic carbocycles. The van der Waals surface area contributed by atoms with Gasteiger partial charge in [0.2, 0.25) is 5.91 Å². The SMILES string of the molecule is O=C(N1CCC(CSC2=NCCS2)CC1)C1(c2ccccc2)CCOCC1. The molecule has 1 amide bonds. The fourth-order valence-corrected chi connectivity index (χ4v) is 6.52. The minimum Gasteiger partial charge on any atom is -0.381 e. The lowest BCUT2D eigenvalue weighted by Crippen LogP contribution is -2.52. The summed E-state index contributed by atoms with van der Waals surface area (Å²) >= 11 is 3.81. The summed E-state index contributed by atoms with van der Waals surface area (Å²) < 4.78 is 6.86. The Hall–Kier alpha value is -0.980. The Labute approximate surface area is 170 Å². The predicted molar refractivity (Wildman–Crippen MR) is 115 cm³/mol. The highest BCUT2D eigenvalue weighted by Gasteiger charge is 2.44. The third kappa shape index (κ3) is 4.38. The molecule has 3 aliphatic heterocycles. The van der Waals surface area contributed by atoms with E-state index in [0.717, 1.165) is 62.4 Å². The van der Waals surface area contributed by atoms with Crippen molar-refractivity contribution in [2.24, 2.45) is 10.9 Å². The van der Waals surface area contributed by atoms with Crippen LogP contribution in [0.4, 0.5) is 0 Å². The van der Waals surface area contributed by atoms with Gasteiger partial charge in [-0.25, -0.2) is 0 Å². The quantitative estimate of drug-likeness (QED) is 0.765. The van der Waals surface area contributed by atoms with Crippen molar-refractivity contribution in [3.05, 3.63) is 35.9 Å². The Kier molecular flexibility index (Phi) is 6.46. The van der Waals surface area contributed by atoms with Crippen molar-refractivity contribution in [2.75, 3.05) is 44.4 Å². The lowest BCUT2D eigenvalue weighted by molar-refractivity contribution is -0.142. The maximum absolute atomic E-state index is 13.6. The van der Waals surface area contributed by atoms with E-state index in [1.807, 2.05) is 41.7 Å². The lowest BCUT2D eigenvalue weighted by Gasteiger charge is -2.42. The van der Waals surface area contributed by atoms with Crippen molar-refractivity contribution in [1.82, 2.24) is 4.90 Å². The number of likely N-dealkylation sites (tertiary alicyclic amines) is 1. The minimum atomic E-state index is -0.393. The number of thioether (sulfide) groups is 2. The summed E-state index contributed by atoms with van der Waals surface area (Å²) in [6, 6.07) is 10.4. The number of hydrogen-bond acceptors (Lipinski definition) is 5. The molecule has 2 saturated heterocycles. The highest BCUT2D eigenvalue weighted by Crippen LogP contribution is 2.38. The molecule has 3 heterocycles. The maximum Gasteiger partial charge on any atom is 0.233 e. The minimum absolute atomic E-state index is 0.318. The van der Waals surface area contributed by atoms with Gasteiger partial charge in [0.25, 0.3) is 0 Å². The van der Waals surface area contributed by atoms with Gasteiger partial charge in [0.15, 0.2) is 0 Å². The zero-order chi connectivity index (χ0) is 18.5. The van der Waals surface area contributed by atoms with Crippen LogP contribution >= 0.6 is 23.5 Å². The van der Waals surface area contributed by atoms with Gasteiger partial charge >= 0.3 is 0 Å². The van der Waals surface area contributed by atoms with Gasteiger partial charge in [-0.05, 0) is 37.2 Å². The molecule has 4 rings (SSSR count). The molecule has 0 atom stereocenters. The van der Waals surface area contributed by atoms with Crippen LogP contribution in [0.3, 0.4) is 0 Å². The number of amides is 1. The first-order valence-electron chi connectivity index (χ1n) is 10.0. The van der Waals surface area contributed by atoms with E-state index in [9.17, 15) is 4.79 Å². The van der Waals surface area contributed by atoms with Crippen molar-refractivity contribution in [3.8, 4) is 0 Å². The first kappa shape index (κ1) is 19.3. The average Bonchev–Trinajstić information content (AvgIpc) is 3.27. The van der Waals surface area contributed by atoms with E-state index >= 15 is 0 Å². The Morgan fingerprint density at radius 3 is 2.63 bits per heavy atom. The van der Waals surface area contributed by atoms with E-state index in [4.69, 9.17) is 4.74 Å². The third-order valence-corrected chi connectivity index (χ3v) is 8.47. The summed E-state index contributed by atoms with van der Waals surface area (Å²) in [5, 5.41) is 0. The summed E-state index contributed by atoms with van der Waals surface area (Å²) in [4.78, 5) is 20.3. The van der Waals surface area contributed by atoms with Crippen molar-refractivity contribution in [3.63, 3.8) is 0 Å². The van der Waals surface area contributed by atoms with Gasteiger partial charge in [0.1, 0.15) is 4.38 Å². The highest BCUT2D eigenvalue weighted by molar-refractivity contribution is 8.39. The number of ether oxygens (including phenoxy) is 1. The topological polar surface area (TPSA) is 41.9 Å². The third-order valence-electron chi connectivity index (χ3n) is 5.98. The van der Waals surface area contributed by atoms with Crippen LogP contribution in [0.15, 0.2) is 35.3 Å². The number of hydrogen-bond donors (Lipinski definition) is 0. The molecule has 0 bridgehead atoms. The molecule has 0 saturated carbocycles. The molecule has 0 N–H and O–H groups in total. The van der Waals surface area contributed by atoms with Crippen LogP contribution in [0.25, 0.3) is 0 Å². The first-order chi connectivity index (χ1) is 13.3. The van der Waals surface area contributed by atoms with E-state index in [0.29, 0.717) is 25.0 Å². The average molecular weight is 405 g/mol. The van der Waals surface area contributed by atoms with Gasteiger partial charge in [-0.15, -0.1) is 0 Å². The Morgan fingerprint density at radius 1 is 1.22 bits per heavy atom. The van der Waals surface area contributed by atoms with E-state index in [1.54, 1.807) is 0 Å². The van der Waals surface area contributed by atoms with Crippen LogP contribution in [0, 0.1) is 5.92 Å². The molecule has 2 fully saturated rings. The molecular formula is C21H28N2O2S2. The molecule has 0 unspecified atom stereocenters. The van der Waals surface area contributed by atoms with Gasteiger partial charge < -0.3 is 9.64 Å². The van der Waals surface area contributed by atoms with Gasteiger partial charge in [0.05, 0.1) is 12.0 Å². The summed E-state index contributed by atoms with van der Waals surface area (Å²) in [5.41, 5.74) is 0.767. The number of rotatable bonds is 4. The number of nitrogens with zero attached hydrogens (tertiary/aromatic N) is 2. The molecule has 4 nitrogen and oxygen atoms in total. The number of carbonyl (C=O) groups is 1.